The Balaban J connectivity index is 2.73. The normalized spacial score (nSPS) is 11.4. The van der Waals surface area contributed by atoms with Crippen LogP contribution >= 0.6 is 0 Å². The van der Waals surface area contributed by atoms with Crippen LogP contribution in [0.4, 0.5) is 8.78 Å². The van der Waals surface area contributed by atoms with E-state index in [1.165, 1.54) is 12.1 Å². The van der Waals surface area contributed by atoms with E-state index >= 15 is 0 Å². The van der Waals surface area contributed by atoms with E-state index < -0.39 is 17.0 Å². The summed E-state index contributed by atoms with van der Waals surface area (Å²) in [5, 5.41) is 5.48. The minimum absolute atomic E-state index is 0.131. The van der Waals surface area contributed by atoms with Gasteiger partial charge in [0.05, 0.1) is 6.54 Å². The van der Waals surface area contributed by atoms with Gasteiger partial charge >= 0.3 is 0 Å². The molecular formula is C13H18F2N2O. The Bertz CT molecular complexity index is 433. The largest absolute Gasteiger partial charge is 0.354 e. The van der Waals surface area contributed by atoms with Crippen molar-refractivity contribution >= 4 is 5.91 Å². The Morgan fingerprint density at radius 1 is 1.28 bits per heavy atom. The number of rotatable bonds is 5. The first kappa shape index (κ1) is 14.6. The van der Waals surface area contributed by atoms with Gasteiger partial charge in [0, 0.05) is 12.0 Å². The molecule has 18 heavy (non-hydrogen) atoms. The molecule has 1 rings (SSSR count). The lowest BCUT2D eigenvalue weighted by atomic mass is 9.84. The maximum Gasteiger partial charge on any atom is 0.233 e. The number of likely N-dealkylation sites (N-methyl/N-ethyl adjacent to an activating group) is 1. The van der Waals surface area contributed by atoms with Gasteiger partial charge in [-0.15, -0.1) is 0 Å². The van der Waals surface area contributed by atoms with Gasteiger partial charge < -0.3 is 10.6 Å². The SMILES string of the molecule is CNCC(=O)NCC(C)(C)c1ccc(F)c(F)c1. The molecule has 1 amide bonds. The number of carbonyl (C=O) groups excluding carboxylic acids is 1. The van der Waals surface area contributed by atoms with Gasteiger partial charge in [-0.3, -0.25) is 4.79 Å². The van der Waals surface area contributed by atoms with Gasteiger partial charge in [-0.05, 0) is 24.7 Å². The van der Waals surface area contributed by atoms with Crippen molar-refractivity contribution in [2.24, 2.45) is 0 Å². The Hall–Kier alpha value is -1.49. The van der Waals surface area contributed by atoms with Gasteiger partial charge in [0.25, 0.3) is 0 Å². The Kier molecular flexibility index (Phi) is 4.78. The Labute approximate surface area is 106 Å². The van der Waals surface area contributed by atoms with Gasteiger partial charge in [-0.25, -0.2) is 8.78 Å². The molecule has 0 saturated carbocycles. The van der Waals surface area contributed by atoms with Crippen LogP contribution in [0, 0.1) is 11.6 Å². The molecule has 5 heteroatoms. The average Bonchev–Trinajstić information content (AvgIpc) is 2.30. The number of nitrogens with one attached hydrogen (secondary N) is 2. The van der Waals surface area contributed by atoms with Crippen molar-refractivity contribution in [2.75, 3.05) is 20.1 Å². The van der Waals surface area contributed by atoms with Crippen LogP contribution in [0.15, 0.2) is 18.2 Å². The summed E-state index contributed by atoms with van der Waals surface area (Å²) >= 11 is 0. The fraction of sp³-hybridized carbons (Fsp3) is 0.462. The highest BCUT2D eigenvalue weighted by Gasteiger charge is 2.22. The van der Waals surface area contributed by atoms with Gasteiger partial charge in [0.1, 0.15) is 0 Å². The third kappa shape index (κ3) is 3.77. The van der Waals surface area contributed by atoms with Gasteiger partial charge in [-0.2, -0.15) is 0 Å². The summed E-state index contributed by atoms with van der Waals surface area (Å²) in [5.41, 5.74) is 0.184. The maximum atomic E-state index is 13.2. The molecule has 100 valence electrons. The molecule has 0 radical (unpaired) electrons. The zero-order valence-electron chi connectivity index (χ0n) is 10.8. The summed E-state index contributed by atoms with van der Waals surface area (Å²) in [6.45, 7) is 4.31. The second kappa shape index (κ2) is 5.91. The fourth-order valence-electron chi connectivity index (χ4n) is 1.56. The van der Waals surface area contributed by atoms with Gasteiger partial charge in [-0.1, -0.05) is 19.9 Å². The zero-order chi connectivity index (χ0) is 13.8. The number of carbonyl (C=O) groups is 1. The van der Waals surface area contributed by atoms with Crippen molar-refractivity contribution in [2.45, 2.75) is 19.3 Å². The first-order valence-electron chi connectivity index (χ1n) is 5.73. The topological polar surface area (TPSA) is 41.1 Å². The monoisotopic (exact) mass is 256 g/mol. The molecule has 0 bridgehead atoms. The molecule has 0 fully saturated rings. The number of halogens is 2. The average molecular weight is 256 g/mol. The van der Waals surface area contributed by atoms with Crippen LogP contribution in [0.5, 0.6) is 0 Å². The quantitative estimate of drug-likeness (QED) is 0.839. The predicted octanol–water partition coefficient (Wildman–Crippen LogP) is 1.58. The highest BCUT2D eigenvalue weighted by Crippen LogP contribution is 2.23. The third-order valence-electron chi connectivity index (χ3n) is 2.77. The van der Waals surface area contributed by atoms with E-state index in [0.29, 0.717) is 12.1 Å². The summed E-state index contributed by atoms with van der Waals surface area (Å²) < 4.78 is 26.0. The second-order valence-corrected chi connectivity index (χ2v) is 4.82. The van der Waals surface area contributed by atoms with Crippen molar-refractivity contribution in [3.63, 3.8) is 0 Å². The van der Waals surface area contributed by atoms with Crippen molar-refractivity contribution in [3.05, 3.63) is 35.4 Å². The van der Waals surface area contributed by atoms with E-state index in [9.17, 15) is 13.6 Å². The summed E-state index contributed by atoms with van der Waals surface area (Å²) in [6.07, 6.45) is 0. The molecule has 3 nitrogen and oxygen atoms in total. The molecule has 0 unspecified atom stereocenters. The smallest absolute Gasteiger partial charge is 0.233 e. The lowest BCUT2D eigenvalue weighted by molar-refractivity contribution is -0.120. The first-order chi connectivity index (χ1) is 8.36. The molecule has 0 heterocycles. The molecule has 0 atom stereocenters. The lowest BCUT2D eigenvalue weighted by Gasteiger charge is -2.25. The molecule has 1 aromatic carbocycles. The molecular weight excluding hydrogens is 238 g/mol. The van der Waals surface area contributed by atoms with Crippen molar-refractivity contribution in [1.82, 2.24) is 10.6 Å². The number of hydrogen-bond acceptors (Lipinski definition) is 2. The molecule has 1 aromatic rings. The number of benzene rings is 1. The Morgan fingerprint density at radius 3 is 2.50 bits per heavy atom. The number of amides is 1. The molecule has 0 spiro atoms. The van der Waals surface area contributed by atoms with Crippen LogP contribution in [-0.2, 0) is 10.2 Å². The summed E-state index contributed by atoms with van der Waals surface area (Å²) in [7, 11) is 1.68. The van der Waals surface area contributed by atoms with Crippen LogP contribution < -0.4 is 10.6 Å². The molecule has 0 aliphatic rings. The molecule has 0 aromatic heterocycles. The zero-order valence-corrected chi connectivity index (χ0v) is 10.8. The predicted molar refractivity (Wildman–Crippen MR) is 66.3 cm³/mol. The summed E-state index contributed by atoms with van der Waals surface area (Å²) in [4.78, 5) is 11.3. The van der Waals surface area contributed by atoms with Crippen molar-refractivity contribution in [1.29, 1.82) is 0 Å². The lowest BCUT2D eigenvalue weighted by Crippen LogP contribution is -2.40. The van der Waals surface area contributed by atoms with E-state index in [2.05, 4.69) is 10.6 Å². The van der Waals surface area contributed by atoms with Crippen LogP contribution in [0.2, 0.25) is 0 Å². The molecule has 0 aliphatic heterocycles. The standard InChI is InChI=1S/C13H18F2N2O/c1-13(2,8-17-12(18)7-16-3)9-4-5-10(14)11(15)6-9/h4-6,16H,7-8H2,1-3H3,(H,17,18). The van der Waals surface area contributed by atoms with Crippen molar-refractivity contribution in [3.8, 4) is 0 Å². The van der Waals surface area contributed by atoms with Crippen LogP contribution in [-0.4, -0.2) is 26.0 Å². The molecule has 0 aliphatic carbocycles. The maximum absolute atomic E-state index is 13.2. The number of hydrogen-bond donors (Lipinski definition) is 2. The van der Waals surface area contributed by atoms with E-state index in [1.807, 2.05) is 13.8 Å². The highest BCUT2D eigenvalue weighted by atomic mass is 19.2. The highest BCUT2D eigenvalue weighted by molar-refractivity contribution is 5.78. The van der Waals surface area contributed by atoms with Gasteiger partial charge in [0.15, 0.2) is 11.6 Å². The van der Waals surface area contributed by atoms with Crippen molar-refractivity contribution < 1.29 is 13.6 Å². The van der Waals surface area contributed by atoms with Crippen LogP contribution in [0.1, 0.15) is 19.4 Å². The van der Waals surface area contributed by atoms with Crippen LogP contribution in [0.3, 0.4) is 0 Å². The minimum atomic E-state index is -0.873. The van der Waals surface area contributed by atoms with E-state index in [0.717, 1.165) is 6.07 Å². The van der Waals surface area contributed by atoms with E-state index in [-0.39, 0.29) is 12.5 Å². The van der Waals surface area contributed by atoms with Gasteiger partial charge in [0.2, 0.25) is 5.91 Å². The fourth-order valence-corrected chi connectivity index (χ4v) is 1.56. The second-order valence-electron chi connectivity index (χ2n) is 4.82. The summed E-state index contributed by atoms with van der Waals surface area (Å²) in [5.74, 6) is -1.87. The first-order valence-corrected chi connectivity index (χ1v) is 5.73. The minimum Gasteiger partial charge on any atom is -0.354 e. The Morgan fingerprint density at radius 2 is 1.94 bits per heavy atom. The van der Waals surface area contributed by atoms with Crippen LogP contribution in [0.25, 0.3) is 0 Å². The third-order valence-corrected chi connectivity index (χ3v) is 2.77. The molecule has 2 N–H and O–H groups in total. The van der Waals surface area contributed by atoms with E-state index in [4.69, 9.17) is 0 Å². The summed E-state index contributed by atoms with van der Waals surface area (Å²) in [6, 6.07) is 3.80. The van der Waals surface area contributed by atoms with E-state index in [1.54, 1.807) is 7.05 Å². The molecule has 0 saturated heterocycles.